The number of aryl methyl sites for hydroxylation is 2. The number of rotatable bonds is 7. The molecule has 1 fully saturated rings. The standard InChI is InChI=1S/C28H25Cl3N2O3S/c1-5-10-36-26-23(31)11-18(12-24(26)35-4)13-25-27(34)33(20-9-7-17(3)22(30)15-20)28(37-25)32-19-8-6-16(2)21(29)14-19/h6-9,11-15H,5,10H2,1-4H3/b25-13+,32-28?. The van der Waals surface area contributed by atoms with Crippen molar-refractivity contribution in [3.63, 3.8) is 0 Å². The minimum Gasteiger partial charge on any atom is -0.493 e. The predicted molar refractivity (Wildman–Crippen MR) is 156 cm³/mol. The SMILES string of the molecule is CCCOc1c(Cl)cc(/C=C2/SC(=Nc3ccc(C)c(Cl)c3)N(c3ccc(C)c(Cl)c3)C2=O)cc1OC. The number of anilines is 1. The van der Waals surface area contributed by atoms with Crippen LogP contribution in [-0.2, 0) is 4.79 Å². The largest absolute Gasteiger partial charge is 0.493 e. The van der Waals surface area contributed by atoms with Crippen LogP contribution >= 0.6 is 46.6 Å². The third-order valence-electron chi connectivity index (χ3n) is 5.60. The minimum atomic E-state index is -0.233. The van der Waals surface area contributed by atoms with Crippen LogP contribution in [0.2, 0.25) is 15.1 Å². The van der Waals surface area contributed by atoms with Crippen molar-refractivity contribution in [3.8, 4) is 11.5 Å². The smallest absolute Gasteiger partial charge is 0.271 e. The predicted octanol–water partition coefficient (Wildman–Crippen LogP) is 8.87. The molecule has 0 N–H and O–H groups in total. The average Bonchev–Trinajstić information content (AvgIpc) is 3.16. The van der Waals surface area contributed by atoms with Gasteiger partial charge in [0.15, 0.2) is 16.7 Å². The molecule has 0 bridgehead atoms. The Bertz CT molecular complexity index is 1420. The lowest BCUT2D eigenvalue weighted by atomic mass is 10.1. The zero-order chi connectivity index (χ0) is 26.7. The molecule has 1 amide bonds. The Morgan fingerprint density at radius 2 is 1.68 bits per heavy atom. The number of methoxy groups -OCH3 is 1. The van der Waals surface area contributed by atoms with Gasteiger partial charge in [-0.05, 0) is 91.2 Å². The molecule has 0 atom stereocenters. The Kier molecular flexibility index (Phi) is 8.75. The lowest BCUT2D eigenvalue weighted by molar-refractivity contribution is -0.113. The number of aliphatic imine (C=N–C) groups is 1. The van der Waals surface area contributed by atoms with Gasteiger partial charge in [-0.25, -0.2) is 4.99 Å². The molecule has 3 aromatic carbocycles. The molecule has 0 spiro atoms. The monoisotopic (exact) mass is 574 g/mol. The van der Waals surface area contributed by atoms with Gasteiger partial charge in [0.25, 0.3) is 5.91 Å². The summed E-state index contributed by atoms with van der Waals surface area (Å²) in [5.74, 6) is 0.741. The van der Waals surface area contributed by atoms with Crippen molar-refractivity contribution < 1.29 is 14.3 Å². The molecule has 4 rings (SSSR count). The van der Waals surface area contributed by atoms with E-state index in [-0.39, 0.29) is 5.91 Å². The molecule has 1 aliphatic heterocycles. The zero-order valence-electron chi connectivity index (χ0n) is 20.8. The van der Waals surface area contributed by atoms with Gasteiger partial charge in [-0.3, -0.25) is 9.69 Å². The van der Waals surface area contributed by atoms with Gasteiger partial charge in [0.1, 0.15) is 0 Å². The summed E-state index contributed by atoms with van der Waals surface area (Å²) in [5, 5.41) is 2.05. The fourth-order valence-electron chi connectivity index (χ4n) is 3.58. The van der Waals surface area contributed by atoms with E-state index < -0.39 is 0 Å². The molecule has 1 heterocycles. The number of benzene rings is 3. The summed E-state index contributed by atoms with van der Waals surface area (Å²) in [6.45, 7) is 6.36. The van der Waals surface area contributed by atoms with Crippen LogP contribution in [0, 0.1) is 13.8 Å². The van der Waals surface area contributed by atoms with Gasteiger partial charge in [-0.15, -0.1) is 0 Å². The first kappa shape index (κ1) is 27.4. The Morgan fingerprint density at radius 1 is 0.973 bits per heavy atom. The molecule has 3 aromatic rings. The lowest BCUT2D eigenvalue weighted by Crippen LogP contribution is -2.28. The molecular formula is C28H25Cl3N2O3S. The molecule has 0 aromatic heterocycles. The van der Waals surface area contributed by atoms with Gasteiger partial charge >= 0.3 is 0 Å². The van der Waals surface area contributed by atoms with Gasteiger partial charge in [0, 0.05) is 10.0 Å². The first-order chi connectivity index (χ1) is 17.7. The number of carbonyl (C=O) groups excluding carboxylic acids is 1. The molecule has 0 aliphatic carbocycles. The number of thioether (sulfide) groups is 1. The normalized spacial score (nSPS) is 15.6. The summed E-state index contributed by atoms with van der Waals surface area (Å²) in [4.78, 5) is 20.4. The number of nitrogens with zero attached hydrogens (tertiary/aromatic N) is 2. The van der Waals surface area contributed by atoms with E-state index in [1.165, 1.54) is 11.8 Å². The Balaban J connectivity index is 1.78. The van der Waals surface area contributed by atoms with Crippen molar-refractivity contribution in [2.45, 2.75) is 27.2 Å². The second kappa shape index (κ2) is 11.8. The fourth-order valence-corrected chi connectivity index (χ4v) is 5.20. The highest BCUT2D eigenvalue weighted by atomic mass is 35.5. The van der Waals surface area contributed by atoms with Gasteiger partial charge in [0.2, 0.25) is 0 Å². The summed E-state index contributed by atoms with van der Waals surface area (Å²) in [5.41, 5.74) is 3.81. The summed E-state index contributed by atoms with van der Waals surface area (Å²) in [6.07, 6.45) is 2.60. The molecule has 5 nitrogen and oxygen atoms in total. The third-order valence-corrected chi connectivity index (χ3v) is 7.66. The number of ether oxygens (including phenoxy) is 2. The van der Waals surface area contributed by atoms with E-state index in [4.69, 9.17) is 49.3 Å². The number of carbonyl (C=O) groups is 1. The number of amidine groups is 1. The second-order valence-electron chi connectivity index (χ2n) is 8.40. The van der Waals surface area contributed by atoms with E-state index in [0.29, 0.717) is 60.2 Å². The van der Waals surface area contributed by atoms with Crippen LogP contribution in [0.5, 0.6) is 11.5 Å². The molecule has 0 radical (unpaired) electrons. The van der Waals surface area contributed by atoms with E-state index in [1.54, 1.807) is 42.4 Å². The molecule has 1 saturated heterocycles. The molecular weight excluding hydrogens is 551 g/mol. The third kappa shape index (κ3) is 6.10. The van der Waals surface area contributed by atoms with Crippen molar-refractivity contribution in [2.75, 3.05) is 18.6 Å². The van der Waals surface area contributed by atoms with E-state index in [1.807, 2.05) is 45.0 Å². The number of halogens is 3. The van der Waals surface area contributed by atoms with E-state index in [9.17, 15) is 4.79 Å². The molecule has 9 heteroatoms. The van der Waals surface area contributed by atoms with Crippen molar-refractivity contribution >= 4 is 75.1 Å². The summed E-state index contributed by atoms with van der Waals surface area (Å²) < 4.78 is 11.3. The maximum atomic E-state index is 13.7. The van der Waals surface area contributed by atoms with Gasteiger partial charge in [-0.1, -0.05) is 53.9 Å². The second-order valence-corrected chi connectivity index (χ2v) is 10.6. The van der Waals surface area contributed by atoms with Crippen LogP contribution in [0.1, 0.15) is 30.0 Å². The van der Waals surface area contributed by atoms with E-state index in [0.717, 1.165) is 17.5 Å². The summed E-state index contributed by atoms with van der Waals surface area (Å²) in [7, 11) is 1.55. The summed E-state index contributed by atoms with van der Waals surface area (Å²) in [6, 6.07) is 14.5. The Labute approximate surface area is 236 Å². The van der Waals surface area contributed by atoms with Crippen molar-refractivity contribution in [1.29, 1.82) is 0 Å². The molecule has 37 heavy (non-hydrogen) atoms. The highest BCUT2D eigenvalue weighted by Gasteiger charge is 2.35. The number of hydrogen-bond acceptors (Lipinski definition) is 5. The fraction of sp³-hybridized carbons (Fsp3) is 0.214. The van der Waals surface area contributed by atoms with Gasteiger partial charge in [0.05, 0.1) is 35.0 Å². The average molecular weight is 576 g/mol. The van der Waals surface area contributed by atoms with Gasteiger partial charge < -0.3 is 9.47 Å². The highest BCUT2D eigenvalue weighted by Crippen LogP contribution is 2.41. The quantitative estimate of drug-likeness (QED) is 0.264. The first-order valence-electron chi connectivity index (χ1n) is 11.6. The van der Waals surface area contributed by atoms with Crippen LogP contribution in [0.25, 0.3) is 6.08 Å². The maximum absolute atomic E-state index is 13.7. The lowest BCUT2D eigenvalue weighted by Gasteiger charge is -2.16. The maximum Gasteiger partial charge on any atom is 0.271 e. The van der Waals surface area contributed by atoms with Crippen LogP contribution < -0.4 is 14.4 Å². The Hall–Kier alpha value is -2.64. The first-order valence-corrected chi connectivity index (χ1v) is 13.5. The molecule has 1 aliphatic rings. The van der Waals surface area contributed by atoms with Gasteiger partial charge in [-0.2, -0.15) is 0 Å². The van der Waals surface area contributed by atoms with Crippen molar-refractivity contribution in [3.05, 3.63) is 85.2 Å². The number of hydrogen-bond donors (Lipinski definition) is 0. The van der Waals surface area contributed by atoms with E-state index in [2.05, 4.69) is 0 Å². The molecule has 192 valence electrons. The van der Waals surface area contributed by atoms with E-state index >= 15 is 0 Å². The van der Waals surface area contributed by atoms with Crippen molar-refractivity contribution in [1.82, 2.24) is 0 Å². The van der Waals surface area contributed by atoms with Crippen LogP contribution in [0.3, 0.4) is 0 Å². The summed E-state index contributed by atoms with van der Waals surface area (Å²) >= 11 is 20.5. The molecule has 0 saturated carbocycles. The minimum absolute atomic E-state index is 0.233. The zero-order valence-corrected chi connectivity index (χ0v) is 23.9. The highest BCUT2D eigenvalue weighted by molar-refractivity contribution is 8.19. The Morgan fingerprint density at radius 3 is 2.32 bits per heavy atom. The van der Waals surface area contributed by atoms with Crippen LogP contribution in [-0.4, -0.2) is 24.8 Å². The number of amides is 1. The van der Waals surface area contributed by atoms with Crippen molar-refractivity contribution in [2.24, 2.45) is 4.99 Å². The topological polar surface area (TPSA) is 51.1 Å². The van der Waals surface area contributed by atoms with Crippen LogP contribution in [0.15, 0.2) is 58.4 Å². The van der Waals surface area contributed by atoms with Crippen LogP contribution in [0.4, 0.5) is 11.4 Å². The molecule has 0 unspecified atom stereocenters.